The van der Waals surface area contributed by atoms with Crippen LogP contribution in [0, 0.1) is 59.2 Å². The Balaban J connectivity index is 7.13. The number of hydrogen-bond donors (Lipinski definition) is 3. The zero-order valence-corrected chi connectivity index (χ0v) is 29.8. The van der Waals surface area contributed by atoms with E-state index in [9.17, 15) is 25.0 Å². The average Bonchev–Trinajstić information content (AvgIpc) is 2.98. The quantitative estimate of drug-likeness (QED) is 0.0297. The molecular formula is C36H66N2O6. The van der Waals surface area contributed by atoms with Gasteiger partial charge in [-0.1, -0.05) is 66.5 Å². The van der Waals surface area contributed by atoms with Crippen molar-refractivity contribution in [1.29, 1.82) is 0 Å². The Morgan fingerprint density at radius 2 is 1.66 bits per heavy atom. The topological polar surface area (TPSA) is 120 Å². The van der Waals surface area contributed by atoms with Gasteiger partial charge in [0.05, 0.1) is 30.4 Å². The molecule has 0 rings (SSSR count). The summed E-state index contributed by atoms with van der Waals surface area (Å²) in [5, 5.41) is 36.8. The van der Waals surface area contributed by atoms with Crippen LogP contribution >= 0.6 is 0 Å². The average molecular weight is 623 g/mol. The number of hydrogen-bond acceptors (Lipinski definition) is 8. The Hall–Kier alpha value is -1.79. The van der Waals surface area contributed by atoms with Crippen LogP contribution in [0.1, 0.15) is 107 Å². The maximum Gasteiger partial charge on any atom is 0.145 e. The molecule has 256 valence electrons. The minimum absolute atomic E-state index is 0.0258. The summed E-state index contributed by atoms with van der Waals surface area (Å²) in [7, 11) is 3.66. The highest BCUT2D eigenvalue weighted by atomic mass is 16.5. The monoisotopic (exact) mass is 622 g/mol. The van der Waals surface area contributed by atoms with Gasteiger partial charge >= 0.3 is 0 Å². The number of oxime groups is 1. The fourth-order valence-electron chi connectivity index (χ4n) is 7.76. The standard InChI is InChI=1S/C36H66N2O6/c1-13-16-18-38(11)31(19-24(4)17-14-2)32(30(10)40)36(15-3,21-26(6)34(41)27(7)22-39)20-25(5)33(37-43)29(9)35(42)28(8)23-44-12/h1,22,24-32,35,40,42-43H,14-21,23H2,2-12H3/b37-33+/t24?,25-,26-,27?,28+,29?,30?,31?,32?,35?,36+/m1/s1. The number of rotatable bonds is 24. The van der Waals surface area contributed by atoms with Crippen molar-refractivity contribution < 1.29 is 29.7 Å². The van der Waals surface area contributed by atoms with E-state index in [0.29, 0.717) is 56.8 Å². The first-order chi connectivity index (χ1) is 20.6. The molecular weight excluding hydrogens is 556 g/mol. The smallest absolute Gasteiger partial charge is 0.145 e. The maximum absolute atomic E-state index is 13.3. The van der Waals surface area contributed by atoms with Crippen molar-refractivity contribution in [2.24, 2.45) is 52.0 Å². The first-order valence-corrected chi connectivity index (χ1v) is 16.8. The van der Waals surface area contributed by atoms with Crippen molar-refractivity contribution in [2.75, 3.05) is 27.3 Å². The van der Waals surface area contributed by atoms with Gasteiger partial charge in [-0.05, 0) is 63.8 Å². The molecule has 11 atom stereocenters. The van der Waals surface area contributed by atoms with E-state index in [1.807, 2.05) is 34.6 Å². The predicted molar refractivity (Wildman–Crippen MR) is 180 cm³/mol. The molecule has 3 N–H and O–H groups in total. The van der Waals surface area contributed by atoms with Crippen LogP contribution in [0.2, 0.25) is 0 Å². The van der Waals surface area contributed by atoms with Crippen LogP contribution in [-0.4, -0.2) is 83.7 Å². The van der Waals surface area contributed by atoms with Gasteiger partial charge in [-0.25, -0.2) is 0 Å². The number of aliphatic hydroxyl groups excluding tert-OH is 2. The number of aldehydes is 1. The van der Waals surface area contributed by atoms with Crippen LogP contribution in [0.4, 0.5) is 0 Å². The van der Waals surface area contributed by atoms with Crippen molar-refractivity contribution in [2.45, 2.75) is 126 Å². The molecule has 0 heterocycles. The van der Waals surface area contributed by atoms with Gasteiger partial charge in [0.25, 0.3) is 0 Å². The first kappa shape index (κ1) is 42.2. The summed E-state index contributed by atoms with van der Waals surface area (Å²) in [6.45, 7) is 18.7. The zero-order valence-electron chi connectivity index (χ0n) is 29.8. The third kappa shape index (κ3) is 12.2. The molecule has 8 nitrogen and oxygen atoms in total. The molecule has 0 aromatic heterocycles. The van der Waals surface area contributed by atoms with Crippen LogP contribution in [0.25, 0.3) is 0 Å². The fourth-order valence-corrected chi connectivity index (χ4v) is 7.76. The van der Waals surface area contributed by atoms with Crippen LogP contribution in [0.3, 0.4) is 0 Å². The Kier molecular flexibility index (Phi) is 20.2. The summed E-state index contributed by atoms with van der Waals surface area (Å²) in [5.41, 5.74) is -0.0789. The van der Waals surface area contributed by atoms with E-state index in [1.54, 1.807) is 14.0 Å². The molecule has 0 aliphatic heterocycles. The Bertz CT molecular complexity index is 902. The number of carbonyl (C=O) groups is 2. The number of Topliss-reactive ketones (excluding diaryl/α,β-unsaturated/α-hetero) is 1. The van der Waals surface area contributed by atoms with E-state index in [0.717, 1.165) is 19.3 Å². The first-order valence-electron chi connectivity index (χ1n) is 16.8. The third-order valence-corrected chi connectivity index (χ3v) is 10.1. The normalized spacial score (nSPS) is 20.7. The SMILES string of the molecule is C#CCCN(C)C(CC(C)CCC)C(C(C)O)[C@](CC)(C[C@@H](C)C(=O)C(C)C=O)C[C@@H](C)/C(=N\O)C(C)C(O)[C@@H](C)COC. The molecule has 0 aromatic rings. The molecule has 0 aromatic carbocycles. The van der Waals surface area contributed by atoms with E-state index >= 15 is 0 Å². The molecule has 0 aliphatic carbocycles. The fraction of sp³-hybridized carbons (Fsp3) is 0.861. The van der Waals surface area contributed by atoms with Crippen LogP contribution in [0.15, 0.2) is 5.16 Å². The van der Waals surface area contributed by atoms with Crippen LogP contribution < -0.4 is 0 Å². The number of terminal acetylenes is 1. The van der Waals surface area contributed by atoms with Gasteiger partial charge < -0.3 is 29.9 Å². The van der Waals surface area contributed by atoms with Gasteiger partial charge in [0.1, 0.15) is 12.1 Å². The third-order valence-electron chi connectivity index (χ3n) is 10.1. The molecule has 0 amide bonds. The summed E-state index contributed by atoms with van der Waals surface area (Å²) >= 11 is 0. The minimum atomic E-state index is -0.779. The van der Waals surface area contributed by atoms with Crippen molar-refractivity contribution in [3.05, 3.63) is 0 Å². The molecule has 8 heteroatoms. The van der Waals surface area contributed by atoms with Crippen molar-refractivity contribution >= 4 is 17.8 Å². The Morgan fingerprint density at radius 3 is 2.11 bits per heavy atom. The lowest BCUT2D eigenvalue weighted by atomic mass is 9.58. The number of ether oxygens (including phenoxy) is 1. The second-order valence-electron chi connectivity index (χ2n) is 13.9. The molecule has 44 heavy (non-hydrogen) atoms. The summed E-state index contributed by atoms with van der Waals surface area (Å²) in [6, 6.07) is -0.0258. The molecule has 0 saturated heterocycles. The number of methoxy groups -OCH3 is 1. The molecule has 0 spiro atoms. The second-order valence-corrected chi connectivity index (χ2v) is 13.9. The maximum atomic E-state index is 13.3. The summed E-state index contributed by atoms with van der Waals surface area (Å²) in [4.78, 5) is 27.2. The highest BCUT2D eigenvalue weighted by Crippen LogP contribution is 2.50. The Labute approximate surface area is 269 Å². The van der Waals surface area contributed by atoms with Crippen molar-refractivity contribution in [1.82, 2.24) is 4.90 Å². The molecule has 0 bridgehead atoms. The summed E-state index contributed by atoms with van der Waals surface area (Å²) in [6.07, 6.45) is 10.1. The highest BCUT2D eigenvalue weighted by Gasteiger charge is 2.48. The zero-order chi connectivity index (χ0) is 34.2. The second kappa shape index (κ2) is 21.1. The van der Waals surface area contributed by atoms with Gasteiger partial charge in [0.15, 0.2) is 0 Å². The summed E-state index contributed by atoms with van der Waals surface area (Å²) < 4.78 is 5.26. The van der Waals surface area contributed by atoms with Crippen LogP contribution in [-0.2, 0) is 14.3 Å². The van der Waals surface area contributed by atoms with E-state index in [4.69, 9.17) is 11.2 Å². The van der Waals surface area contributed by atoms with E-state index in [-0.39, 0.29) is 29.6 Å². The lowest BCUT2D eigenvalue weighted by molar-refractivity contribution is -0.132. The highest BCUT2D eigenvalue weighted by molar-refractivity contribution is 5.94. The number of nitrogens with zero attached hydrogens (tertiary/aromatic N) is 2. The Morgan fingerprint density at radius 1 is 1.07 bits per heavy atom. The number of carbonyl (C=O) groups excluding carboxylic acids is 2. The lowest BCUT2D eigenvalue weighted by Crippen LogP contribution is -2.53. The molecule has 7 unspecified atom stereocenters. The van der Waals surface area contributed by atoms with Gasteiger partial charge in [0.2, 0.25) is 0 Å². The van der Waals surface area contributed by atoms with E-state index in [1.165, 1.54) is 0 Å². The number of aliphatic hydroxyl groups is 2. The van der Waals surface area contributed by atoms with E-state index < -0.39 is 35.4 Å². The van der Waals surface area contributed by atoms with Crippen molar-refractivity contribution in [3.8, 4) is 12.3 Å². The molecule has 0 fully saturated rings. The largest absolute Gasteiger partial charge is 0.411 e. The van der Waals surface area contributed by atoms with Gasteiger partial charge in [-0.15, -0.1) is 12.3 Å². The van der Waals surface area contributed by atoms with E-state index in [2.05, 4.69) is 43.8 Å². The van der Waals surface area contributed by atoms with Gasteiger partial charge in [-0.3, -0.25) is 4.79 Å². The van der Waals surface area contributed by atoms with Crippen LogP contribution in [0.5, 0.6) is 0 Å². The predicted octanol–water partition coefficient (Wildman–Crippen LogP) is 6.10. The van der Waals surface area contributed by atoms with Gasteiger partial charge in [-0.2, -0.15) is 0 Å². The van der Waals surface area contributed by atoms with Crippen molar-refractivity contribution in [3.63, 3.8) is 0 Å². The lowest BCUT2D eigenvalue weighted by Gasteiger charge is -2.51. The molecule has 0 saturated carbocycles. The molecule has 0 radical (unpaired) electrons. The minimum Gasteiger partial charge on any atom is -0.411 e. The van der Waals surface area contributed by atoms with Gasteiger partial charge in [0, 0.05) is 49.8 Å². The summed E-state index contributed by atoms with van der Waals surface area (Å²) in [5.74, 6) is 0.798. The number of ketones is 1. The molecule has 0 aliphatic rings.